The summed E-state index contributed by atoms with van der Waals surface area (Å²) in [5.41, 5.74) is 5.75. The minimum atomic E-state index is -0.685. The number of ether oxygens (including phenoxy) is 4. The Kier molecular flexibility index (Phi) is 6.06. The van der Waals surface area contributed by atoms with Crippen LogP contribution in [0.5, 0.6) is 23.0 Å². The zero-order valence-corrected chi connectivity index (χ0v) is 30.7. The summed E-state index contributed by atoms with van der Waals surface area (Å²) >= 11 is 0. The molecule has 7 aliphatic rings. The van der Waals surface area contributed by atoms with E-state index >= 15 is 0 Å². The van der Waals surface area contributed by atoms with Crippen LogP contribution in [0.2, 0.25) is 0 Å². The molecule has 5 aliphatic carbocycles. The molecule has 2 aromatic heterocycles. The van der Waals surface area contributed by atoms with Crippen LogP contribution in [0, 0.1) is 23.7 Å². The first-order chi connectivity index (χ1) is 26.6. The van der Waals surface area contributed by atoms with Crippen molar-refractivity contribution in [2.24, 2.45) is 33.9 Å². The molecule has 4 aromatic carbocycles. The Balaban J connectivity index is 1.21. The number of nitrogens with zero attached hydrogens (tertiary/aromatic N) is 4. The predicted molar refractivity (Wildman–Crippen MR) is 205 cm³/mol. The largest absolute Gasteiger partial charge is 0.496 e. The second-order valence-corrected chi connectivity index (χ2v) is 16.2. The molecule has 8 heteroatoms. The van der Waals surface area contributed by atoms with Crippen molar-refractivity contribution in [3.63, 3.8) is 0 Å². The highest BCUT2D eigenvalue weighted by atomic mass is 16.5. The summed E-state index contributed by atoms with van der Waals surface area (Å²) in [5, 5.41) is 15.8. The first-order valence-corrected chi connectivity index (χ1v) is 19.2. The quantitative estimate of drug-likeness (QED) is 0.171. The monoisotopic (exact) mass is 712 g/mol. The summed E-state index contributed by atoms with van der Waals surface area (Å²) in [5.74, 6) is 4.85. The van der Waals surface area contributed by atoms with E-state index in [0.29, 0.717) is 0 Å². The third-order valence-corrected chi connectivity index (χ3v) is 14.8. The van der Waals surface area contributed by atoms with E-state index in [1.807, 2.05) is 53.0 Å². The van der Waals surface area contributed by atoms with Gasteiger partial charge in [-0.15, -0.1) is 0 Å². The number of fused-ring (bicyclic) bond motifs is 12. The molecule has 4 heterocycles. The van der Waals surface area contributed by atoms with Crippen molar-refractivity contribution >= 4 is 21.5 Å². The molecule has 2 aliphatic heterocycles. The number of hydrogen-bond donors (Lipinski definition) is 0. The smallest absolute Gasteiger partial charge is 0.131 e. The fraction of sp³-hybridized carbons (Fsp3) is 0.348. The van der Waals surface area contributed by atoms with Gasteiger partial charge >= 0.3 is 0 Å². The molecule has 0 saturated heterocycles. The maximum absolute atomic E-state index is 6.44. The van der Waals surface area contributed by atoms with E-state index in [-0.39, 0.29) is 47.3 Å². The average Bonchev–Trinajstić information content (AvgIpc) is 4.03. The molecule has 13 rings (SSSR count). The average molecular weight is 713 g/mol. The standard InChI is InChI=1S/C46H40N4O4/c1-51-41-23-13-5-6-14-24(23)42(52-2)34-28-21-27(33(34)41)37-38(28)46(32-18-10-12-20-48-32)40-30-22-29(39(40)45(37,49-50-46)31-17-9-11-19-47-31)35-36(30)44(54-4)26-16-8-7-15-25(26)43(35)53-3/h5-20,27-30,37-40H,21-22H2,1-4H3/t27-,28+,29+,30-,37-,38+,39+,40-,45?,46?. The van der Waals surface area contributed by atoms with Crippen LogP contribution in [0.1, 0.15) is 70.2 Å². The minimum absolute atomic E-state index is 0.0987. The van der Waals surface area contributed by atoms with Crippen LogP contribution in [0.25, 0.3) is 21.5 Å². The van der Waals surface area contributed by atoms with Gasteiger partial charge in [-0.3, -0.25) is 9.97 Å². The molecule has 6 bridgehead atoms. The van der Waals surface area contributed by atoms with Gasteiger partial charge in [0.2, 0.25) is 0 Å². The van der Waals surface area contributed by atoms with Crippen LogP contribution < -0.4 is 18.9 Å². The van der Waals surface area contributed by atoms with Crippen LogP contribution >= 0.6 is 0 Å². The summed E-state index contributed by atoms with van der Waals surface area (Å²) in [6.45, 7) is 0. The molecular formula is C46H40N4O4. The third kappa shape index (κ3) is 3.27. The normalized spacial score (nSPS) is 32.7. The molecule has 268 valence electrons. The molecule has 3 saturated carbocycles. The van der Waals surface area contributed by atoms with Gasteiger partial charge in [-0.2, -0.15) is 10.2 Å². The highest BCUT2D eigenvalue weighted by Gasteiger charge is 2.82. The molecule has 0 radical (unpaired) electrons. The highest BCUT2D eigenvalue weighted by molar-refractivity contribution is 5.98. The Hall–Kier alpha value is -5.50. The summed E-state index contributed by atoms with van der Waals surface area (Å²) in [7, 11) is 7.28. The highest BCUT2D eigenvalue weighted by Crippen LogP contribution is 2.85. The van der Waals surface area contributed by atoms with Gasteiger partial charge in [0, 0.05) is 79.9 Å². The van der Waals surface area contributed by atoms with Gasteiger partial charge < -0.3 is 18.9 Å². The van der Waals surface area contributed by atoms with Crippen molar-refractivity contribution in [2.45, 2.75) is 47.6 Å². The molecule has 54 heavy (non-hydrogen) atoms. The maximum atomic E-state index is 6.44. The van der Waals surface area contributed by atoms with E-state index in [1.165, 1.54) is 22.3 Å². The van der Waals surface area contributed by atoms with E-state index in [2.05, 4.69) is 72.8 Å². The third-order valence-electron chi connectivity index (χ3n) is 14.8. The first kappa shape index (κ1) is 30.9. The Morgan fingerprint density at radius 1 is 0.426 bits per heavy atom. The van der Waals surface area contributed by atoms with Crippen LogP contribution in [0.4, 0.5) is 0 Å². The van der Waals surface area contributed by atoms with Crippen molar-refractivity contribution in [3.05, 3.63) is 131 Å². The van der Waals surface area contributed by atoms with Crippen molar-refractivity contribution in [3.8, 4) is 23.0 Å². The molecule has 8 nitrogen and oxygen atoms in total. The lowest BCUT2D eigenvalue weighted by Crippen LogP contribution is -2.66. The Morgan fingerprint density at radius 2 is 0.722 bits per heavy atom. The van der Waals surface area contributed by atoms with Crippen molar-refractivity contribution in [1.29, 1.82) is 0 Å². The van der Waals surface area contributed by atoms with E-state index in [4.69, 9.17) is 39.1 Å². The van der Waals surface area contributed by atoms with Crippen molar-refractivity contribution in [1.82, 2.24) is 9.97 Å². The zero-order chi connectivity index (χ0) is 36.1. The van der Waals surface area contributed by atoms with Gasteiger partial charge in [0.15, 0.2) is 0 Å². The summed E-state index contributed by atoms with van der Waals surface area (Å²) < 4.78 is 25.8. The Morgan fingerprint density at radius 3 is 0.981 bits per heavy atom. The van der Waals surface area contributed by atoms with Gasteiger partial charge in [0.1, 0.15) is 34.1 Å². The second-order valence-electron chi connectivity index (χ2n) is 16.2. The number of hydrogen-bond acceptors (Lipinski definition) is 8. The van der Waals surface area contributed by atoms with Gasteiger partial charge in [-0.1, -0.05) is 60.7 Å². The zero-order valence-electron chi connectivity index (χ0n) is 30.7. The van der Waals surface area contributed by atoms with Crippen molar-refractivity contribution in [2.75, 3.05) is 28.4 Å². The van der Waals surface area contributed by atoms with Crippen LogP contribution in [0.15, 0.2) is 108 Å². The van der Waals surface area contributed by atoms with Crippen LogP contribution in [-0.2, 0) is 11.1 Å². The lowest BCUT2D eigenvalue weighted by Gasteiger charge is -2.65. The minimum Gasteiger partial charge on any atom is -0.496 e. The molecule has 0 spiro atoms. The molecule has 0 N–H and O–H groups in total. The lowest BCUT2D eigenvalue weighted by molar-refractivity contribution is -0.105. The predicted octanol–water partition coefficient (Wildman–Crippen LogP) is 9.42. The second kappa shape index (κ2) is 10.6. The fourth-order valence-electron chi connectivity index (χ4n) is 13.7. The van der Waals surface area contributed by atoms with Crippen LogP contribution in [-0.4, -0.2) is 38.4 Å². The lowest BCUT2D eigenvalue weighted by atomic mass is 9.42. The summed E-state index contributed by atoms with van der Waals surface area (Å²) in [4.78, 5) is 10.5. The van der Waals surface area contributed by atoms with E-state index in [0.717, 1.165) is 68.8 Å². The topological polar surface area (TPSA) is 87.4 Å². The van der Waals surface area contributed by atoms with Gasteiger partial charge in [0.05, 0.1) is 39.8 Å². The molecular weight excluding hydrogens is 673 g/mol. The summed E-state index contributed by atoms with van der Waals surface area (Å²) in [6.07, 6.45) is 5.82. The molecule has 10 atom stereocenters. The number of aromatic nitrogens is 2. The number of azo groups is 1. The molecule has 0 amide bonds. The number of rotatable bonds is 6. The molecule has 2 unspecified atom stereocenters. The van der Waals surface area contributed by atoms with Gasteiger partial charge in [-0.25, -0.2) is 0 Å². The molecule has 3 fully saturated rings. The van der Waals surface area contributed by atoms with Crippen LogP contribution in [0.3, 0.4) is 0 Å². The fourth-order valence-corrected chi connectivity index (χ4v) is 13.7. The summed E-state index contributed by atoms with van der Waals surface area (Å²) in [6, 6.07) is 29.8. The van der Waals surface area contributed by atoms with Crippen molar-refractivity contribution < 1.29 is 18.9 Å². The number of benzene rings is 4. The number of methoxy groups -OCH3 is 4. The molecule has 6 aromatic rings. The first-order valence-electron chi connectivity index (χ1n) is 19.2. The van der Waals surface area contributed by atoms with Gasteiger partial charge in [-0.05, 0) is 60.8 Å². The number of pyridine rings is 2. The van der Waals surface area contributed by atoms with Gasteiger partial charge in [0.25, 0.3) is 0 Å². The van der Waals surface area contributed by atoms with E-state index < -0.39 is 11.1 Å². The van der Waals surface area contributed by atoms with E-state index in [9.17, 15) is 0 Å². The SMILES string of the molecule is COc1c2c(c(OC)c3ccccc13)[C@@H]1C[C@H]2[C@@H]2[C@H]1C1(c3ccccn3)N=NC2(c2ccccn2)[C@@H]2[C@H]1[C@@H]1C[C@H]2c2c1c(OC)c1ccccc1c2OC. The van der Waals surface area contributed by atoms with E-state index in [1.54, 1.807) is 0 Å². The Labute approximate surface area is 313 Å². The Bertz CT molecular complexity index is 2290. The maximum Gasteiger partial charge on any atom is 0.131 e.